The molecular formula is C24H27F3N4O2. The maximum absolute atomic E-state index is 13.2. The molecule has 2 heterocycles. The number of anilines is 2. The second-order valence-corrected chi connectivity index (χ2v) is 8.49. The molecule has 1 saturated heterocycles. The van der Waals surface area contributed by atoms with E-state index >= 15 is 0 Å². The van der Waals surface area contributed by atoms with Crippen molar-refractivity contribution >= 4 is 23.2 Å². The lowest BCUT2D eigenvalue weighted by molar-refractivity contribution is -0.137. The normalized spacial score (nSPS) is 18.5. The lowest BCUT2D eigenvalue weighted by Crippen LogP contribution is -2.56. The van der Waals surface area contributed by atoms with Gasteiger partial charge < -0.3 is 10.2 Å². The number of halogens is 3. The second-order valence-electron chi connectivity index (χ2n) is 8.49. The van der Waals surface area contributed by atoms with E-state index < -0.39 is 23.7 Å². The summed E-state index contributed by atoms with van der Waals surface area (Å²) in [5.41, 5.74) is 0.725. The van der Waals surface area contributed by atoms with E-state index in [4.69, 9.17) is 0 Å². The van der Waals surface area contributed by atoms with Gasteiger partial charge >= 0.3 is 6.18 Å². The summed E-state index contributed by atoms with van der Waals surface area (Å²) in [6, 6.07) is 12.9. The fourth-order valence-electron chi connectivity index (χ4n) is 4.35. The summed E-state index contributed by atoms with van der Waals surface area (Å²) in [7, 11) is 0. The van der Waals surface area contributed by atoms with Gasteiger partial charge in [-0.3, -0.25) is 19.4 Å². The highest BCUT2D eigenvalue weighted by Gasteiger charge is 2.36. The molecule has 2 amide bonds. The third-order valence-corrected chi connectivity index (χ3v) is 6.33. The summed E-state index contributed by atoms with van der Waals surface area (Å²) < 4.78 is 39.2. The average Bonchev–Trinajstić information content (AvgIpc) is 2.81. The van der Waals surface area contributed by atoms with Gasteiger partial charge in [0.2, 0.25) is 11.8 Å². The number of hydrogen-bond donors (Lipinski definition) is 1. The highest BCUT2D eigenvalue weighted by Crippen LogP contribution is 2.37. The highest BCUT2D eigenvalue weighted by atomic mass is 19.4. The molecule has 0 bridgehead atoms. The second kappa shape index (κ2) is 9.52. The molecule has 1 atom stereocenters. The molecular weight excluding hydrogens is 433 g/mol. The minimum atomic E-state index is -4.53. The number of hydrogen-bond acceptors (Lipinski definition) is 4. The van der Waals surface area contributed by atoms with Crippen LogP contribution in [0.1, 0.15) is 18.1 Å². The van der Waals surface area contributed by atoms with Crippen LogP contribution in [0, 0.1) is 0 Å². The van der Waals surface area contributed by atoms with E-state index in [2.05, 4.69) is 27.2 Å². The number of carbonyl (C=O) groups excluding carboxylic acids is 2. The molecule has 2 aliphatic rings. The topological polar surface area (TPSA) is 55.9 Å². The number of benzene rings is 2. The Morgan fingerprint density at radius 1 is 1.06 bits per heavy atom. The lowest BCUT2D eigenvalue weighted by atomic mass is 10.1. The van der Waals surface area contributed by atoms with E-state index in [-0.39, 0.29) is 18.1 Å². The molecule has 2 aromatic carbocycles. The third-order valence-electron chi connectivity index (χ3n) is 6.33. The summed E-state index contributed by atoms with van der Waals surface area (Å²) >= 11 is 0. The maximum atomic E-state index is 13.2. The zero-order chi connectivity index (χ0) is 23.6. The highest BCUT2D eigenvalue weighted by molar-refractivity contribution is 6.11. The molecule has 0 unspecified atom stereocenters. The van der Waals surface area contributed by atoms with E-state index in [1.807, 2.05) is 18.2 Å². The molecule has 0 aromatic heterocycles. The van der Waals surface area contributed by atoms with E-state index in [0.29, 0.717) is 18.8 Å². The molecule has 2 aliphatic heterocycles. The lowest BCUT2D eigenvalue weighted by Gasteiger charge is -2.39. The Bertz CT molecular complexity index is 1000. The summed E-state index contributed by atoms with van der Waals surface area (Å²) in [4.78, 5) is 31.1. The van der Waals surface area contributed by atoms with Crippen molar-refractivity contribution in [2.45, 2.75) is 25.6 Å². The van der Waals surface area contributed by atoms with E-state index in [0.717, 1.165) is 38.2 Å². The number of alkyl halides is 3. The van der Waals surface area contributed by atoms with Gasteiger partial charge in [-0.15, -0.1) is 0 Å². The summed E-state index contributed by atoms with van der Waals surface area (Å²) in [6.45, 7) is 5.61. The van der Waals surface area contributed by atoms with Crippen molar-refractivity contribution in [3.05, 3.63) is 59.7 Å². The van der Waals surface area contributed by atoms with Gasteiger partial charge in [0.25, 0.3) is 0 Å². The number of nitrogens with zero attached hydrogens (tertiary/aromatic N) is 3. The van der Waals surface area contributed by atoms with Crippen molar-refractivity contribution in [3.8, 4) is 0 Å². The first-order valence-electron chi connectivity index (χ1n) is 11.0. The molecule has 1 N–H and O–H groups in total. The van der Waals surface area contributed by atoms with Crippen LogP contribution < -0.4 is 10.2 Å². The number of carbonyl (C=O) groups is 2. The molecule has 0 spiro atoms. The van der Waals surface area contributed by atoms with Gasteiger partial charge in [0.05, 0.1) is 23.0 Å². The number of nitrogens with one attached hydrogen (secondary N) is 1. The van der Waals surface area contributed by atoms with Gasteiger partial charge in [0.1, 0.15) is 6.54 Å². The van der Waals surface area contributed by atoms with Crippen LogP contribution in [0.15, 0.2) is 48.5 Å². The molecule has 6 nitrogen and oxygen atoms in total. The predicted octanol–water partition coefficient (Wildman–Crippen LogP) is 3.24. The van der Waals surface area contributed by atoms with Crippen LogP contribution in [-0.4, -0.2) is 66.9 Å². The molecule has 2 aromatic rings. The standard InChI is InChI=1S/C24H27F3N4O2/c1-17(30-13-11-29(12-14-30)10-9-18-5-3-2-4-6-18)23(33)31-16-22(32)28-20-15-19(24(25,26)27)7-8-21(20)31/h2-8,15,17H,9-14,16H2,1H3,(H,28,32)/t17-/m1/s1. The van der Waals surface area contributed by atoms with Crippen molar-refractivity contribution in [2.24, 2.45) is 0 Å². The molecule has 9 heteroatoms. The Balaban J connectivity index is 1.38. The first-order chi connectivity index (χ1) is 15.7. The predicted molar refractivity (Wildman–Crippen MR) is 120 cm³/mol. The Morgan fingerprint density at radius 2 is 1.76 bits per heavy atom. The zero-order valence-corrected chi connectivity index (χ0v) is 18.4. The van der Waals surface area contributed by atoms with Gasteiger partial charge in [-0.2, -0.15) is 13.2 Å². The smallest absolute Gasteiger partial charge is 0.323 e. The monoisotopic (exact) mass is 460 g/mol. The van der Waals surface area contributed by atoms with E-state index in [1.54, 1.807) is 6.92 Å². The van der Waals surface area contributed by atoms with Gasteiger partial charge in [-0.05, 0) is 37.1 Å². The van der Waals surface area contributed by atoms with Crippen molar-refractivity contribution in [2.75, 3.05) is 49.5 Å². The summed E-state index contributed by atoms with van der Waals surface area (Å²) in [5, 5.41) is 2.46. The van der Waals surface area contributed by atoms with Crippen LogP contribution in [0.3, 0.4) is 0 Å². The Morgan fingerprint density at radius 3 is 2.42 bits per heavy atom. The van der Waals surface area contributed by atoms with Crippen LogP contribution >= 0.6 is 0 Å². The van der Waals surface area contributed by atoms with Gasteiger partial charge in [0, 0.05) is 32.7 Å². The molecule has 1 fully saturated rings. The van der Waals surface area contributed by atoms with Crippen molar-refractivity contribution in [3.63, 3.8) is 0 Å². The van der Waals surface area contributed by atoms with E-state index in [1.165, 1.54) is 16.5 Å². The summed E-state index contributed by atoms with van der Waals surface area (Å²) in [5.74, 6) is -0.795. The third kappa shape index (κ3) is 5.36. The Labute approximate surface area is 191 Å². The van der Waals surface area contributed by atoms with Crippen LogP contribution in [0.4, 0.5) is 24.5 Å². The molecule has 0 radical (unpaired) electrons. The SMILES string of the molecule is C[C@H](C(=O)N1CC(=O)Nc2cc(C(F)(F)F)ccc21)N1CCN(CCc2ccccc2)CC1. The van der Waals surface area contributed by atoms with Crippen molar-refractivity contribution in [1.82, 2.24) is 9.80 Å². The number of rotatable bonds is 5. The molecule has 4 rings (SSSR count). The minimum Gasteiger partial charge on any atom is -0.323 e. The fraction of sp³-hybridized carbons (Fsp3) is 0.417. The molecule has 176 valence electrons. The zero-order valence-electron chi connectivity index (χ0n) is 18.4. The van der Waals surface area contributed by atoms with Crippen LogP contribution in [0.2, 0.25) is 0 Å². The molecule has 0 aliphatic carbocycles. The minimum absolute atomic E-state index is 0.00681. The van der Waals surface area contributed by atoms with Crippen LogP contribution in [0.5, 0.6) is 0 Å². The van der Waals surface area contributed by atoms with Crippen molar-refractivity contribution in [1.29, 1.82) is 0 Å². The van der Waals surface area contributed by atoms with Gasteiger partial charge in [0.15, 0.2) is 0 Å². The van der Waals surface area contributed by atoms with Crippen LogP contribution in [-0.2, 0) is 22.2 Å². The van der Waals surface area contributed by atoms with Gasteiger partial charge in [-0.25, -0.2) is 0 Å². The fourth-order valence-corrected chi connectivity index (χ4v) is 4.35. The number of piperazine rings is 1. The first-order valence-corrected chi connectivity index (χ1v) is 11.0. The molecule has 33 heavy (non-hydrogen) atoms. The molecule has 0 saturated carbocycles. The quantitative estimate of drug-likeness (QED) is 0.745. The summed E-state index contributed by atoms with van der Waals surface area (Å²) in [6.07, 6.45) is -3.56. The first kappa shape index (κ1) is 23.3. The van der Waals surface area contributed by atoms with Crippen LogP contribution in [0.25, 0.3) is 0 Å². The van der Waals surface area contributed by atoms with Crippen molar-refractivity contribution < 1.29 is 22.8 Å². The average molecular weight is 461 g/mol. The maximum Gasteiger partial charge on any atom is 0.416 e. The number of amides is 2. The largest absolute Gasteiger partial charge is 0.416 e. The Kier molecular flexibility index (Phi) is 6.71. The Hall–Kier alpha value is -2.91. The van der Waals surface area contributed by atoms with Gasteiger partial charge in [-0.1, -0.05) is 30.3 Å². The number of fused-ring (bicyclic) bond motifs is 1. The van der Waals surface area contributed by atoms with E-state index in [9.17, 15) is 22.8 Å².